The van der Waals surface area contributed by atoms with Gasteiger partial charge in [-0.2, -0.15) is 0 Å². The van der Waals surface area contributed by atoms with E-state index in [1.54, 1.807) is 11.1 Å². The van der Waals surface area contributed by atoms with Gasteiger partial charge in [-0.05, 0) is 108 Å². The molecule has 0 saturated carbocycles. The Kier molecular flexibility index (Phi) is 9.29. The molecule has 0 bridgehead atoms. The average Bonchev–Trinajstić information content (AvgIpc) is 3.16. The van der Waals surface area contributed by atoms with Crippen molar-refractivity contribution in [1.29, 1.82) is 0 Å². The Bertz CT molecular complexity index is 944. The zero-order chi connectivity index (χ0) is 25.7. The first kappa shape index (κ1) is 27.3. The lowest BCUT2D eigenvalue weighted by Gasteiger charge is -2.46. The largest absolute Gasteiger partial charge is 0.405 e. The molecule has 2 saturated heterocycles. The van der Waals surface area contributed by atoms with Gasteiger partial charge >= 0.3 is 0 Å². The SMILES string of the molecule is C=CN.CC1=CN(C(C)c2cc(C3CCNCC3)ccc2C)[C@]2(C)C=CC(SN3CCCCC3)CC12. The second kappa shape index (κ2) is 12.2. The van der Waals surface area contributed by atoms with Crippen LogP contribution in [0.15, 0.2) is 54.9 Å². The summed E-state index contributed by atoms with van der Waals surface area (Å²) in [7, 11) is 0. The molecule has 3 N–H and O–H groups in total. The second-order valence-electron chi connectivity index (χ2n) is 11.3. The predicted molar refractivity (Wildman–Crippen MR) is 157 cm³/mol. The number of aryl methyl sites for hydroxylation is 1. The minimum atomic E-state index is 0.0830. The first-order valence-electron chi connectivity index (χ1n) is 14.1. The zero-order valence-corrected chi connectivity index (χ0v) is 23.8. The van der Waals surface area contributed by atoms with Gasteiger partial charge in [0.2, 0.25) is 0 Å². The van der Waals surface area contributed by atoms with Crippen LogP contribution in [0.4, 0.5) is 0 Å². The molecule has 198 valence electrons. The lowest BCUT2D eigenvalue weighted by Crippen LogP contribution is -2.47. The maximum absolute atomic E-state index is 4.61. The van der Waals surface area contributed by atoms with E-state index in [2.05, 4.69) is 103 Å². The number of hydrogen-bond donors (Lipinski definition) is 2. The topological polar surface area (TPSA) is 44.5 Å². The van der Waals surface area contributed by atoms with E-state index in [0.717, 1.165) is 13.1 Å². The number of hydrogen-bond acceptors (Lipinski definition) is 5. The van der Waals surface area contributed by atoms with Crippen LogP contribution in [0.1, 0.15) is 87.9 Å². The van der Waals surface area contributed by atoms with Crippen molar-refractivity contribution in [3.05, 3.63) is 71.6 Å². The number of rotatable bonds is 5. The van der Waals surface area contributed by atoms with Gasteiger partial charge in [0.25, 0.3) is 0 Å². The highest BCUT2D eigenvalue weighted by Gasteiger charge is 2.47. The highest BCUT2D eigenvalue weighted by atomic mass is 32.2. The Morgan fingerprint density at radius 1 is 1.17 bits per heavy atom. The molecule has 1 aromatic carbocycles. The van der Waals surface area contributed by atoms with Gasteiger partial charge in [-0.15, -0.1) is 0 Å². The van der Waals surface area contributed by atoms with E-state index in [-0.39, 0.29) is 5.54 Å². The molecule has 0 aromatic heterocycles. The van der Waals surface area contributed by atoms with Gasteiger partial charge < -0.3 is 16.0 Å². The van der Waals surface area contributed by atoms with Gasteiger partial charge in [-0.1, -0.05) is 60.9 Å². The van der Waals surface area contributed by atoms with Crippen LogP contribution in [0, 0.1) is 12.8 Å². The summed E-state index contributed by atoms with van der Waals surface area (Å²) in [6.45, 7) is 17.5. The van der Waals surface area contributed by atoms with Crippen molar-refractivity contribution in [1.82, 2.24) is 14.5 Å². The van der Waals surface area contributed by atoms with Crippen LogP contribution in [0.5, 0.6) is 0 Å². The fourth-order valence-electron chi connectivity index (χ4n) is 6.77. The first-order valence-corrected chi connectivity index (χ1v) is 14.9. The van der Waals surface area contributed by atoms with Crippen LogP contribution >= 0.6 is 11.9 Å². The minimum Gasteiger partial charge on any atom is -0.405 e. The number of nitrogens with one attached hydrogen (secondary N) is 1. The Morgan fingerprint density at radius 3 is 2.56 bits per heavy atom. The van der Waals surface area contributed by atoms with E-state index in [4.69, 9.17) is 0 Å². The van der Waals surface area contributed by atoms with Gasteiger partial charge in [-0.3, -0.25) is 4.31 Å². The van der Waals surface area contributed by atoms with Crippen molar-refractivity contribution in [2.24, 2.45) is 11.7 Å². The molecule has 5 heteroatoms. The lowest BCUT2D eigenvalue weighted by molar-refractivity contribution is 0.137. The molecular formula is C31H48N4S. The van der Waals surface area contributed by atoms with Crippen molar-refractivity contribution in [2.75, 3.05) is 26.2 Å². The maximum atomic E-state index is 4.61. The van der Waals surface area contributed by atoms with E-state index >= 15 is 0 Å². The summed E-state index contributed by atoms with van der Waals surface area (Å²) in [5.74, 6) is 1.32. The molecular weight excluding hydrogens is 460 g/mol. The van der Waals surface area contributed by atoms with E-state index in [9.17, 15) is 0 Å². The van der Waals surface area contributed by atoms with Crippen molar-refractivity contribution < 1.29 is 0 Å². The van der Waals surface area contributed by atoms with Crippen LogP contribution < -0.4 is 11.1 Å². The fraction of sp³-hybridized carbons (Fsp3) is 0.613. The molecule has 5 rings (SSSR count). The maximum Gasteiger partial charge on any atom is 0.0623 e. The monoisotopic (exact) mass is 508 g/mol. The van der Waals surface area contributed by atoms with Gasteiger partial charge in [-0.25, -0.2) is 0 Å². The summed E-state index contributed by atoms with van der Waals surface area (Å²) in [4.78, 5) is 2.68. The van der Waals surface area contributed by atoms with E-state index in [1.807, 2.05) is 0 Å². The quantitative estimate of drug-likeness (QED) is 0.344. The van der Waals surface area contributed by atoms with Crippen molar-refractivity contribution in [3.63, 3.8) is 0 Å². The van der Waals surface area contributed by atoms with E-state index in [1.165, 1.54) is 68.9 Å². The zero-order valence-electron chi connectivity index (χ0n) is 23.0. The molecule has 4 aliphatic rings. The molecule has 0 spiro atoms. The lowest BCUT2D eigenvalue weighted by atomic mass is 9.75. The van der Waals surface area contributed by atoms with Crippen LogP contribution in [0.3, 0.4) is 0 Å². The molecule has 4 nitrogen and oxygen atoms in total. The molecule has 3 aliphatic heterocycles. The van der Waals surface area contributed by atoms with Gasteiger partial charge in [0.1, 0.15) is 0 Å². The fourth-order valence-corrected chi connectivity index (χ4v) is 8.05. The Balaban J connectivity index is 0.000000967. The summed E-state index contributed by atoms with van der Waals surface area (Å²) in [5.41, 5.74) is 10.7. The number of fused-ring (bicyclic) bond motifs is 1. The highest BCUT2D eigenvalue weighted by molar-refractivity contribution is 7.97. The summed E-state index contributed by atoms with van der Waals surface area (Å²) in [6.07, 6.45) is 16.7. The van der Waals surface area contributed by atoms with Crippen molar-refractivity contribution in [3.8, 4) is 0 Å². The Labute approximate surface area is 224 Å². The molecule has 3 unspecified atom stereocenters. The third-order valence-corrected chi connectivity index (χ3v) is 10.1. The molecule has 4 atom stereocenters. The van der Waals surface area contributed by atoms with Crippen LogP contribution in [0.25, 0.3) is 0 Å². The van der Waals surface area contributed by atoms with Gasteiger partial charge in [0, 0.05) is 24.3 Å². The van der Waals surface area contributed by atoms with Gasteiger partial charge in [0.15, 0.2) is 0 Å². The molecule has 0 amide bonds. The minimum absolute atomic E-state index is 0.0830. The number of nitrogens with zero attached hydrogens (tertiary/aromatic N) is 2. The highest BCUT2D eigenvalue weighted by Crippen LogP contribution is 2.50. The molecule has 3 heterocycles. The summed E-state index contributed by atoms with van der Waals surface area (Å²) >= 11 is 2.11. The molecule has 36 heavy (non-hydrogen) atoms. The van der Waals surface area contributed by atoms with Gasteiger partial charge in [0.05, 0.1) is 11.6 Å². The number of benzene rings is 1. The standard InChI is InChI=1S/C29H43N3S.C2H5N/c1-21-8-9-25(24-11-14-30-15-12-24)18-27(21)23(3)32-20-22(2)28-19-26(10-13-29(28,32)4)33-31-16-6-5-7-17-31;1-2-3/h8-10,13,18,20,23-24,26,28,30H,5-7,11-12,14-17,19H2,1-4H3;2H,1,3H2/t23?,26?,28?,29-;/m1./s1. The van der Waals surface area contributed by atoms with Crippen LogP contribution in [0.2, 0.25) is 0 Å². The molecule has 1 aliphatic carbocycles. The summed E-state index contributed by atoms with van der Waals surface area (Å²) < 4.78 is 2.63. The summed E-state index contributed by atoms with van der Waals surface area (Å²) in [5, 5.41) is 4.14. The Hall–Kier alpha value is -1.69. The normalized spacial score (nSPS) is 29.7. The van der Waals surface area contributed by atoms with E-state index in [0.29, 0.717) is 23.1 Å². The van der Waals surface area contributed by atoms with E-state index < -0.39 is 0 Å². The Morgan fingerprint density at radius 2 is 1.86 bits per heavy atom. The number of piperidine rings is 2. The molecule has 1 aromatic rings. The first-order chi connectivity index (χ1) is 17.4. The van der Waals surface area contributed by atoms with Crippen molar-refractivity contribution >= 4 is 11.9 Å². The average molecular weight is 509 g/mol. The second-order valence-corrected chi connectivity index (χ2v) is 12.7. The smallest absolute Gasteiger partial charge is 0.0623 e. The number of nitrogens with two attached hydrogens (primary N) is 1. The third-order valence-electron chi connectivity index (χ3n) is 8.85. The predicted octanol–water partition coefficient (Wildman–Crippen LogP) is 6.67. The van der Waals surface area contributed by atoms with Crippen LogP contribution in [-0.4, -0.2) is 46.2 Å². The summed E-state index contributed by atoms with van der Waals surface area (Å²) in [6, 6.07) is 7.68. The van der Waals surface area contributed by atoms with Crippen molar-refractivity contribution in [2.45, 2.75) is 89.0 Å². The third kappa shape index (κ3) is 5.89. The molecule has 2 fully saturated rings. The molecule has 0 radical (unpaired) electrons. The van der Waals surface area contributed by atoms with Crippen LogP contribution in [-0.2, 0) is 0 Å².